The average Bonchev–Trinajstić information content (AvgIpc) is 2.89. The van der Waals surface area contributed by atoms with E-state index in [-0.39, 0.29) is 10.8 Å². The summed E-state index contributed by atoms with van der Waals surface area (Å²) in [6.07, 6.45) is 0. The summed E-state index contributed by atoms with van der Waals surface area (Å²) in [5.74, 6) is 1.45. The predicted octanol–water partition coefficient (Wildman–Crippen LogP) is 5.81. The van der Waals surface area contributed by atoms with E-state index in [1.54, 1.807) is 0 Å². The molecular weight excluding hydrogens is 280 g/mol. The van der Waals surface area contributed by atoms with Crippen LogP contribution in [-0.4, -0.2) is 6.61 Å². The number of hydrogen-bond donors (Lipinski definition) is 0. The summed E-state index contributed by atoms with van der Waals surface area (Å²) in [5.41, 5.74) is 5.65. The monoisotopic (exact) mass is 308 g/mol. The van der Waals surface area contributed by atoms with Crippen LogP contribution >= 0.6 is 0 Å². The molecule has 0 saturated heterocycles. The van der Waals surface area contributed by atoms with Crippen LogP contribution in [0.1, 0.15) is 69.7 Å². The second-order valence-corrected chi connectivity index (χ2v) is 8.72. The molecule has 2 aromatic carbocycles. The van der Waals surface area contributed by atoms with Gasteiger partial charge >= 0.3 is 0 Å². The Hall–Kier alpha value is -1.76. The van der Waals surface area contributed by atoms with E-state index in [9.17, 15) is 0 Å². The summed E-state index contributed by atoms with van der Waals surface area (Å²) in [7, 11) is 0. The Morgan fingerprint density at radius 3 is 2.09 bits per heavy atom. The van der Waals surface area contributed by atoms with E-state index in [4.69, 9.17) is 4.74 Å². The molecule has 0 aromatic heterocycles. The second kappa shape index (κ2) is 5.40. The van der Waals surface area contributed by atoms with Gasteiger partial charge in [-0.05, 0) is 22.0 Å². The van der Waals surface area contributed by atoms with Gasteiger partial charge in [-0.15, -0.1) is 0 Å². The van der Waals surface area contributed by atoms with E-state index >= 15 is 0 Å². The van der Waals surface area contributed by atoms with Crippen LogP contribution in [0.5, 0.6) is 5.75 Å². The third kappa shape index (κ3) is 3.02. The van der Waals surface area contributed by atoms with Gasteiger partial charge in [0, 0.05) is 17.0 Å². The summed E-state index contributed by atoms with van der Waals surface area (Å²) < 4.78 is 6.19. The molecule has 2 aromatic rings. The first-order chi connectivity index (χ1) is 10.7. The summed E-state index contributed by atoms with van der Waals surface area (Å²) in [6, 6.07) is 15.5. The van der Waals surface area contributed by atoms with Crippen molar-refractivity contribution in [1.29, 1.82) is 0 Å². The first kappa shape index (κ1) is 16.1. The van der Waals surface area contributed by atoms with Gasteiger partial charge in [-0.1, -0.05) is 84.0 Å². The number of benzene rings is 2. The molecule has 1 aliphatic rings. The van der Waals surface area contributed by atoms with E-state index in [1.165, 1.54) is 22.3 Å². The van der Waals surface area contributed by atoms with Crippen molar-refractivity contribution < 1.29 is 4.74 Å². The lowest BCUT2D eigenvalue weighted by atomic mass is 9.77. The van der Waals surface area contributed by atoms with Crippen LogP contribution in [0.25, 0.3) is 0 Å². The first-order valence-electron chi connectivity index (χ1n) is 8.54. The minimum Gasteiger partial charge on any atom is -0.492 e. The molecule has 1 atom stereocenters. The van der Waals surface area contributed by atoms with Gasteiger partial charge in [0.15, 0.2) is 0 Å². The van der Waals surface area contributed by atoms with E-state index in [2.05, 4.69) is 84.0 Å². The summed E-state index contributed by atoms with van der Waals surface area (Å²) in [4.78, 5) is 0. The van der Waals surface area contributed by atoms with E-state index in [0.717, 1.165) is 12.4 Å². The second-order valence-electron chi connectivity index (χ2n) is 8.72. The van der Waals surface area contributed by atoms with Gasteiger partial charge in [-0.25, -0.2) is 0 Å². The molecule has 0 radical (unpaired) electrons. The fourth-order valence-corrected chi connectivity index (χ4v) is 3.28. The topological polar surface area (TPSA) is 9.23 Å². The molecule has 1 heterocycles. The highest BCUT2D eigenvalue weighted by Crippen LogP contribution is 2.46. The molecule has 0 aliphatic carbocycles. The van der Waals surface area contributed by atoms with E-state index in [1.807, 2.05) is 0 Å². The Balaban J connectivity index is 2.20. The number of hydrogen-bond acceptors (Lipinski definition) is 1. The highest BCUT2D eigenvalue weighted by Gasteiger charge is 2.33. The molecule has 23 heavy (non-hydrogen) atoms. The standard InChI is InChI=1S/C22H28O/c1-21(2,3)16-12-17-18(15-10-8-7-9-11-15)14-23-20(17)19(13-16)22(4,5)6/h7-13,18H,14H2,1-6H3. The smallest absolute Gasteiger partial charge is 0.127 e. The van der Waals surface area contributed by atoms with Crippen LogP contribution in [0.3, 0.4) is 0 Å². The van der Waals surface area contributed by atoms with Crippen molar-refractivity contribution in [3.05, 3.63) is 64.7 Å². The lowest BCUT2D eigenvalue weighted by Crippen LogP contribution is -2.17. The van der Waals surface area contributed by atoms with Crippen LogP contribution in [-0.2, 0) is 10.8 Å². The maximum absolute atomic E-state index is 6.19. The zero-order valence-electron chi connectivity index (χ0n) is 15.2. The highest BCUT2D eigenvalue weighted by molar-refractivity contribution is 5.55. The van der Waals surface area contributed by atoms with Crippen molar-refractivity contribution in [2.45, 2.75) is 58.3 Å². The minimum atomic E-state index is 0.0803. The molecule has 3 rings (SSSR count). The molecule has 1 aliphatic heterocycles. The molecule has 0 N–H and O–H groups in total. The molecule has 1 unspecified atom stereocenters. The third-order valence-corrected chi connectivity index (χ3v) is 4.76. The van der Waals surface area contributed by atoms with Gasteiger partial charge in [-0.3, -0.25) is 0 Å². The zero-order chi connectivity index (χ0) is 16.8. The summed E-state index contributed by atoms with van der Waals surface area (Å²) in [6.45, 7) is 14.4. The maximum atomic E-state index is 6.19. The van der Waals surface area contributed by atoms with Crippen LogP contribution < -0.4 is 4.74 Å². The largest absolute Gasteiger partial charge is 0.492 e. The van der Waals surface area contributed by atoms with Gasteiger partial charge in [0.25, 0.3) is 0 Å². The van der Waals surface area contributed by atoms with Crippen LogP contribution in [0.2, 0.25) is 0 Å². The van der Waals surface area contributed by atoms with Gasteiger partial charge in [0.2, 0.25) is 0 Å². The van der Waals surface area contributed by atoms with Gasteiger partial charge in [-0.2, -0.15) is 0 Å². The lowest BCUT2D eigenvalue weighted by molar-refractivity contribution is 0.334. The average molecular weight is 308 g/mol. The molecule has 0 spiro atoms. The predicted molar refractivity (Wildman–Crippen MR) is 97.6 cm³/mol. The Kier molecular flexibility index (Phi) is 3.78. The van der Waals surface area contributed by atoms with Crippen molar-refractivity contribution in [3.63, 3.8) is 0 Å². The molecule has 0 fully saturated rings. The first-order valence-corrected chi connectivity index (χ1v) is 8.54. The third-order valence-electron chi connectivity index (χ3n) is 4.76. The Morgan fingerprint density at radius 2 is 1.52 bits per heavy atom. The molecule has 1 nitrogen and oxygen atoms in total. The highest BCUT2D eigenvalue weighted by atomic mass is 16.5. The Labute approximate surface area is 140 Å². The van der Waals surface area contributed by atoms with Gasteiger partial charge < -0.3 is 4.74 Å². The number of fused-ring (bicyclic) bond motifs is 1. The van der Waals surface area contributed by atoms with Crippen molar-refractivity contribution >= 4 is 0 Å². The van der Waals surface area contributed by atoms with Crippen molar-refractivity contribution in [3.8, 4) is 5.75 Å². The Bertz CT molecular complexity index is 699. The van der Waals surface area contributed by atoms with Crippen LogP contribution in [0.4, 0.5) is 0 Å². The normalized spacial score (nSPS) is 17.7. The fourth-order valence-electron chi connectivity index (χ4n) is 3.28. The molecular formula is C22H28O. The van der Waals surface area contributed by atoms with Gasteiger partial charge in [0.1, 0.15) is 5.75 Å². The van der Waals surface area contributed by atoms with E-state index < -0.39 is 0 Å². The summed E-state index contributed by atoms with van der Waals surface area (Å²) >= 11 is 0. The zero-order valence-corrected chi connectivity index (χ0v) is 15.2. The number of ether oxygens (including phenoxy) is 1. The van der Waals surface area contributed by atoms with Crippen molar-refractivity contribution in [2.75, 3.05) is 6.61 Å². The minimum absolute atomic E-state index is 0.0803. The van der Waals surface area contributed by atoms with Crippen LogP contribution in [0.15, 0.2) is 42.5 Å². The van der Waals surface area contributed by atoms with Crippen LogP contribution in [0, 0.1) is 0 Å². The van der Waals surface area contributed by atoms with E-state index in [0.29, 0.717) is 5.92 Å². The maximum Gasteiger partial charge on any atom is 0.127 e. The quantitative estimate of drug-likeness (QED) is 0.646. The molecule has 122 valence electrons. The summed E-state index contributed by atoms with van der Waals surface area (Å²) in [5, 5.41) is 0. The fraction of sp³-hybridized carbons (Fsp3) is 0.455. The number of rotatable bonds is 1. The Morgan fingerprint density at radius 1 is 0.870 bits per heavy atom. The molecule has 0 saturated carbocycles. The molecule has 1 heteroatoms. The van der Waals surface area contributed by atoms with Gasteiger partial charge in [0.05, 0.1) is 6.61 Å². The molecule has 0 bridgehead atoms. The lowest BCUT2D eigenvalue weighted by Gasteiger charge is -2.27. The SMILES string of the molecule is CC(C)(C)c1cc2c(c(C(C)(C)C)c1)OCC2c1ccccc1. The van der Waals surface area contributed by atoms with Crippen molar-refractivity contribution in [2.24, 2.45) is 0 Å². The molecule has 0 amide bonds. The van der Waals surface area contributed by atoms with Crippen molar-refractivity contribution in [1.82, 2.24) is 0 Å².